The molecule has 27 heavy (non-hydrogen) atoms. The number of carbonyl (C=O) groups excluding carboxylic acids is 1. The lowest BCUT2D eigenvalue weighted by Crippen LogP contribution is -2.41. The highest BCUT2D eigenvalue weighted by Gasteiger charge is 2.06. The highest BCUT2D eigenvalue weighted by molar-refractivity contribution is 9.10. The lowest BCUT2D eigenvalue weighted by atomic mass is 10.2. The zero-order valence-electron chi connectivity index (χ0n) is 15.5. The fourth-order valence-corrected chi connectivity index (χ4v) is 2.62. The van der Waals surface area contributed by atoms with Crippen LogP contribution in [0.15, 0.2) is 50.5 Å². The molecule has 0 spiro atoms. The predicted octanol–water partition coefficient (Wildman–Crippen LogP) is 3.06. The van der Waals surface area contributed by atoms with Gasteiger partial charge in [-0.3, -0.25) is 9.79 Å². The third-order valence-corrected chi connectivity index (χ3v) is 4.19. The van der Waals surface area contributed by atoms with Crippen LogP contribution in [0.3, 0.4) is 0 Å². The van der Waals surface area contributed by atoms with E-state index in [1.54, 1.807) is 13.3 Å². The molecule has 0 aliphatic carbocycles. The number of ether oxygens (including phenoxy) is 1. The van der Waals surface area contributed by atoms with E-state index in [2.05, 4.69) is 36.9 Å². The summed E-state index contributed by atoms with van der Waals surface area (Å²) < 4.78 is 11.6. The van der Waals surface area contributed by atoms with Crippen molar-refractivity contribution in [3.05, 3.63) is 52.4 Å². The lowest BCUT2D eigenvalue weighted by molar-refractivity contribution is -0.115. The highest BCUT2D eigenvalue weighted by Crippen LogP contribution is 2.20. The Balaban J connectivity index is 1.61. The van der Waals surface area contributed by atoms with E-state index in [0.29, 0.717) is 25.7 Å². The maximum Gasteiger partial charge on any atom is 0.243 e. The van der Waals surface area contributed by atoms with Gasteiger partial charge in [0.25, 0.3) is 0 Å². The van der Waals surface area contributed by atoms with Crippen molar-refractivity contribution in [2.75, 3.05) is 32.1 Å². The van der Waals surface area contributed by atoms with Crippen molar-refractivity contribution in [1.29, 1.82) is 0 Å². The molecule has 1 aromatic heterocycles. The molecule has 0 aliphatic heterocycles. The van der Waals surface area contributed by atoms with Crippen molar-refractivity contribution < 1.29 is 13.9 Å². The smallest absolute Gasteiger partial charge is 0.243 e. The molecule has 146 valence electrons. The largest absolute Gasteiger partial charge is 0.467 e. The number of nitrogens with zero attached hydrogens (tertiary/aromatic N) is 1. The molecule has 0 saturated carbocycles. The Kier molecular flexibility index (Phi) is 8.86. The molecule has 0 fully saturated rings. The van der Waals surface area contributed by atoms with E-state index in [4.69, 9.17) is 9.15 Å². The van der Waals surface area contributed by atoms with Crippen molar-refractivity contribution in [3.8, 4) is 0 Å². The molecular formula is C19H25BrN4O3. The van der Waals surface area contributed by atoms with E-state index in [1.807, 2.05) is 37.3 Å². The van der Waals surface area contributed by atoms with Gasteiger partial charge in [0.05, 0.1) is 12.8 Å². The summed E-state index contributed by atoms with van der Waals surface area (Å²) in [5.41, 5.74) is 1.79. The molecule has 2 aromatic rings. The Morgan fingerprint density at radius 2 is 2.15 bits per heavy atom. The minimum absolute atomic E-state index is 0.126. The van der Waals surface area contributed by atoms with Crippen molar-refractivity contribution in [3.63, 3.8) is 0 Å². The molecule has 1 aromatic carbocycles. The number of nitrogens with one attached hydrogen (secondary N) is 3. The van der Waals surface area contributed by atoms with E-state index in [-0.39, 0.29) is 12.5 Å². The van der Waals surface area contributed by atoms with Gasteiger partial charge in [-0.1, -0.05) is 22.0 Å². The Morgan fingerprint density at radius 1 is 1.30 bits per heavy atom. The number of anilines is 1. The Bertz CT molecular complexity index is 747. The van der Waals surface area contributed by atoms with Crippen molar-refractivity contribution in [2.45, 2.75) is 20.0 Å². The molecular weight excluding hydrogens is 412 g/mol. The Morgan fingerprint density at radius 3 is 2.89 bits per heavy atom. The summed E-state index contributed by atoms with van der Waals surface area (Å²) in [5, 5.41) is 9.03. The van der Waals surface area contributed by atoms with Crippen LogP contribution in [0.4, 0.5) is 5.69 Å². The maximum atomic E-state index is 12.1. The van der Waals surface area contributed by atoms with E-state index in [0.717, 1.165) is 27.9 Å². The Labute approximate surface area is 167 Å². The number of hydrogen-bond acceptors (Lipinski definition) is 4. The highest BCUT2D eigenvalue weighted by atomic mass is 79.9. The van der Waals surface area contributed by atoms with Gasteiger partial charge in [0.2, 0.25) is 5.91 Å². The molecule has 1 amide bonds. The van der Waals surface area contributed by atoms with Crippen LogP contribution in [0.1, 0.15) is 17.7 Å². The first-order valence-electron chi connectivity index (χ1n) is 8.69. The van der Waals surface area contributed by atoms with Crippen LogP contribution in [-0.2, 0) is 16.1 Å². The average molecular weight is 437 g/mol. The first-order chi connectivity index (χ1) is 13.1. The number of aryl methyl sites for hydroxylation is 1. The number of amides is 1. The van der Waals surface area contributed by atoms with Crippen molar-refractivity contribution in [2.24, 2.45) is 4.99 Å². The van der Waals surface area contributed by atoms with Gasteiger partial charge in [0.1, 0.15) is 12.4 Å². The summed E-state index contributed by atoms with van der Waals surface area (Å²) >= 11 is 3.41. The standard InChI is InChI=1S/C19H25BrN4O3/c1-14-6-7-15(20)11-17(14)24-18(25)12-23-19(21-2)22-8-4-9-26-13-16-5-3-10-27-16/h3,5-7,10-11H,4,8-9,12-13H2,1-2H3,(H,24,25)(H2,21,22,23). The van der Waals surface area contributed by atoms with Gasteiger partial charge in [-0.05, 0) is 43.2 Å². The topological polar surface area (TPSA) is 87.9 Å². The number of rotatable bonds is 9. The van der Waals surface area contributed by atoms with Crippen LogP contribution in [-0.4, -0.2) is 38.6 Å². The molecule has 2 rings (SSSR count). The fourth-order valence-electron chi connectivity index (χ4n) is 2.26. The minimum Gasteiger partial charge on any atom is -0.467 e. The molecule has 8 heteroatoms. The first kappa shape index (κ1) is 21.0. The summed E-state index contributed by atoms with van der Waals surface area (Å²) in [7, 11) is 1.67. The Hall–Kier alpha value is -2.32. The minimum atomic E-state index is -0.138. The number of halogens is 1. The summed E-state index contributed by atoms with van der Waals surface area (Å²) in [4.78, 5) is 16.2. The monoisotopic (exact) mass is 436 g/mol. The normalized spacial score (nSPS) is 11.3. The average Bonchev–Trinajstić information content (AvgIpc) is 3.17. The second-order valence-corrected chi connectivity index (χ2v) is 6.76. The second-order valence-electron chi connectivity index (χ2n) is 5.85. The summed E-state index contributed by atoms with van der Waals surface area (Å²) in [5.74, 6) is 1.25. The molecule has 0 atom stereocenters. The summed E-state index contributed by atoms with van der Waals surface area (Å²) in [6.07, 6.45) is 2.44. The molecule has 0 aliphatic rings. The van der Waals surface area contributed by atoms with Crippen LogP contribution >= 0.6 is 15.9 Å². The van der Waals surface area contributed by atoms with Crippen LogP contribution < -0.4 is 16.0 Å². The van der Waals surface area contributed by atoms with Gasteiger partial charge in [0, 0.05) is 30.4 Å². The fraction of sp³-hybridized carbons (Fsp3) is 0.368. The number of aliphatic imine (C=N–C) groups is 1. The van der Waals surface area contributed by atoms with Gasteiger partial charge in [0.15, 0.2) is 5.96 Å². The van der Waals surface area contributed by atoms with E-state index in [1.165, 1.54) is 0 Å². The van der Waals surface area contributed by atoms with Gasteiger partial charge in [-0.25, -0.2) is 0 Å². The SMILES string of the molecule is CN=C(NCCCOCc1ccco1)NCC(=O)Nc1cc(Br)ccc1C. The quantitative estimate of drug-likeness (QED) is 0.319. The van der Waals surface area contributed by atoms with Crippen LogP contribution in [0, 0.1) is 6.92 Å². The summed E-state index contributed by atoms with van der Waals surface area (Å²) in [6.45, 7) is 3.83. The van der Waals surface area contributed by atoms with Gasteiger partial charge in [-0.2, -0.15) is 0 Å². The number of carbonyl (C=O) groups is 1. The van der Waals surface area contributed by atoms with Crippen molar-refractivity contribution >= 4 is 33.5 Å². The predicted molar refractivity (Wildman–Crippen MR) is 110 cm³/mol. The van der Waals surface area contributed by atoms with Gasteiger partial charge >= 0.3 is 0 Å². The zero-order valence-corrected chi connectivity index (χ0v) is 17.1. The molecule has 0 radical (unpaired) electrons. The first-order valence-corrected chi connectivity index (χ1v) is 9.48. The van der Waals surface area contributed by atoms with E-state index >= 15 is 0 Å². The molecule has 0 unspecified atom stereocenters. The molecule has 0 saturated heterocycles. The molecule has 0 bridgehead atoms. The maximum absolute atomic E-state index is 12.1. The molecule has 3 N–H and O–H groups in total. The van der Waals surface area contributed by atoms with Crippen LogP contribution in [0.2, 0.25) is 0 Å². The number of furan rings is 1. The van der Waals surface area contributed by atoms with Crippen LogP contribution in [0.25, 0.3) is 0 Å². The zero-order chi connectivity index (χ0) is 19.5. The number of guanidine groups is 1. The molecule has 7 nitrogen and oxygen atoms in total. The van der Waals surface area contributed by atoms with Crippen LogP contribution in [0.5, 0.6) is 0 Å². The van der Waals surface area contributed by atoms with Gasteiger partial charge < -0.3 is 25.1 Å². The molecule has 1 heterocycles. The number of hydrogen-bond donors (Lipinski definition) is 3. The second kappa shape index (κ2) is 11.4. The van der Waals surface area contributed by atoms with Gasteiger partial charge in [-0.15, -0.1) is 0 Å². The van der Waals surface area contributed by atoms with E-state index in [9.17, 15) is 4.79 Å². The third-order valence-electron chi connectivity index (χ3n) is 3.70. The lowest BCUT2D eigenvalue weighted by Gasteiger charge is -2.13. The van der Waals surface area contributed by atoms with Crippen molar-refractivity contribution in [1.82, 2.24) is 10.6 Å². The third kappa shape index (κ3) is 7.84. The van der Waals surface area contributed by atoms with E-state index < -0.39 is 0 Å². The number of benzene rings is 1. The summed E-state index contributed by atoms with van der Waals surface area (Å²) in [6, 6.07) is 9.48.